The number of carbonyl (C=O) groups is 3. The van der Waals surface area contributed by atoms with Crippen molar-refractivity contribution in [2.24, 2.45) is 22.7 Å². The number of carbonyl (C=O) groups excluding carboxylic acids is 3. The Balaban J connectivity index is 1.71. The van der Waals surface area contributed by atoms with Gasteiger partial charge in [0.05, 0.1) is 10.8 Å². The molecule has 3 heterocycles. The predicted octanol–water partition coefficient (Wildman–Crippen LogP) is 11.2. The molecule has 0 spiro atoms. The smallest absolute Gasteiger partial charge is 0.312 e. The molecule has 6 heteroatoms. The van der Waals surface area contributed by atoms with Gasteiger partial charge in [0.1, 0.15) is 19.8 Å². The topological polar surface area (TPSA) is 78.9 Å². The fourth-order valence-corrected chi connectivity index (χ4v) is 8.47. The van der Waals surface area contributed by atoms with Crippen molar-refractivity contribution in [1.82, 2.24) is 0 Å². The molecule has 3 rings (SSSR count). The minimum absolute atomic E-state index is 0.0467. The lowest BCUT2D eigenvalue weighted by Crippen LogP contribution is -2.41. The van der Waals surface area contributed by atoms with Crippen LogP contribution in [0.15, 0.2) is 0 Å². The fraction of sp³-hybridized carbons (Fsp3) is 0.927. The van der Waals surface area contributed by atoms with Gasteiger partial charge in [-0.25, -0.2) is 0 Å². The lowest BCUT2D eigenvalue weighted by atomic mass is 9.62. The summed E-state index contributed by atoms with van der Waals surface area (Å²) < 4.78 is 18.1. The first kappa shape index (κ1) is 39.8. The van der Waals surface area contributed by atoms with E-state index in [0.717, 1.165) is 95.8 Å². The highest BCUT2D eigenvalue weighted by molar-refractivity contribution is 5.78. The Kier molecular flexibility index (Phi) is 19.4. The summed E-state index contributed by atoms with van der Waals surface area (Å²) in [5.74, 6) is 0.533. The van der Waals surface area contributed by atoms with Gasteiger partial charge in [0.25, 0.3) is 0 Å². The van der Waals surface area contributed by atoms with E-state index < -0.39 is 10.8 Å². The first-order valence-corrected chi connectivity index (χ1v) is 20.3. The minimum atomic E-state index is -0.691. The number of hydrogen-bond donors (Lipinski definition) is 0. The van der Waals surface area contributed by atoms with E-state index in [0.29, 0.717) is 19.3 Å². The number of esters is 3. The SMILES string of the molecule is CC(C)CCCCCCCCCCCCC1CC23COC(=O)CCCCCCCCCC1(CCCCCCCC(=O)OC2)C(=O)OC3. The van der Waals surface area contributed by atoms with E-state index in [9.17, 15) is 14.4 Å². The molecule has 0 amide bonds. The maximum atomic E-state index is 14.3. The van der Waals surface area contributed by atoms with E-state index >= 15 is 0 Å². The molecule has 3 aliphatic heterocycles. The van der Waals surface area contributed by atoms with Crippen LogP contribution in [0.3, 0.4) is 0 Å². The molecule has 47 heavy (non-hydrogen) atoms. The largest absolute Gasteiger partial charge is 0.465 e. The second kappa shape index (κ2) is 22.9. The van der Waals surface area contributed by atoms with Crippen molar-refractivity contribution in [3.05, 3.63) is 0 Å². The maximum absolute atomic E-state index is 14.3. The van der Waals surface area contributed by atoms with Gasteiger partial charge in [0.2, 0.25) is 0 Å². The molecule has 0 radical (unpaired) electrons. The summed E-state index contributed by atoms with van der Waals surface area (Å²) in [6, 6.07) is 0. The third-order valence-electron chi connectivity index (χ3n) is 11.5. The number of cyclic esters (lactones) is 3. The minimum Gasteiger partial charge on any atom is -0.465 e. The Morgan fingerprint density at radius 2 is 0.979 bits per heavy atom. The van der Waals surface area contributed by atoms with Crippen LogP contribution in [0.2, 0.25) is 0 Å². The third kappa shape index (κ3) is 15.2. The van der Waals surface area contributed by atoms with Crippen LogP contribution in [0.25, 0.3) is 0 Å². The van der Waals surface area contributed by atoms with Gasteiger partial charge in [0, 0.05) is 12.8 Å². The van der Waals surface area contributed by atoms with Gasteiger partial charge in [-0.3, -0.25) is 14.4 Å². The van der Waals surface area contributed by atoms with Crippen molar-refractivity contribution in [2.75, 3.05) is 19.8 Å². The molecule has 0 aliphatic carbocycles. The molecule has 3 fully saturated rings. The Morgan fingerprint density at radius 1 is 0.553 bits per heavy atom. The van der Waals surface area contributed by atoms with Crippen LogP contribution in [0.4, 0.5) is 0 Å². The fourth-order valence-electron chi connectivity index (χ4n) is 8.47. The summed E-state index contributed by atoms with van der Waals surface area (Å²) in [6.07, 6.45) is 31.3. The van der Waals surface area contributed by atoms with Gasteiger partial charge in [-0.15, -0.1) is 0 Å². The average molecular weight is 661 g/mol. The third-order valence-corrected chi connectivity index (χ3v) is 11.5. The van der Waals surface area contributed by atoms with Crippen LogP contribution in [0, 0.1) is 22.7 Å². The molecule has 0 saturated carbocycles. The lowest BCUT2D eigenvalue weighted by molar-refractivity contribution is -0.164. The summed E-state index contributed by atoms with van der Waals surface area (Å²) in [7, 11) is 0. The number of rotatable bonds is 13. The molecule has 2 bridgehead atoms. The predicted molar refractivity (Wildman–Crippen MR) is 190 cm³/mol. The standard InChI is InChI=1S/C41H72O6/c1-35(2)25-19-13-8-5-3-4-6-9-14-20-26-36-31-40-32-45-37(42)27-21-15-10-7-11-17-23-29-41(36,39(44)47-34-40)30-24-18-12-16-22-28-38(43)46-33-40/h35-36H,3-34H2,1-2H3. The summed E-state index contributed by atoms with van der Waals surface area (Å²) in [5, 5.41) is 0. The second-order valence-electron chi connectivity index (χ2n) is 16.2. The van der Waals surface area contributed by atoms with E-state index in [4.69, 9.17) is 14.2 Å². The first-order chi connectivity index (χ1) is 22.9. The van der Waals surface area contributed by atoms with Crippen LogP contribution >= 0.6 is 0 Å². The van der Waals surface area contributed by atoms with Crippen molar-refractivity contribution >= 4 is 17.9 Å². The molecular formula is C41H72O6. The number of hydrogen-bond acceptors (Lipinski definition) is 6. The van der Waals surface area contributed by atoms with E-state index in [1.165, 1.54) is 77.0 Å². The first-order valence-electron chi connectivity index (χ1n) is 20.3. The highest BCUT2D eigenvalue weighted by Gasteiger charge is 2.53. The lowest BCUT2D eigenvalue weighted by Gasteiger charge is -2.40. The maximum Gasteiger partial charge on any atom is 0.312 e. The van der Waals surface area contributed by atoms with Crippen molar-refractivity contribution in [3.63, 3.8) is 0 Å². The van der Waals surface area contributed by atoms with Crippen LogP contribution in [0.1, 0.15) is 200 Å². The zero-order chi connectivity index (χ0) is 33.6. The summed E-state index contributed by atoms with van der Waals surface area (Å²) in [4.78, 5) is 39.9. The molecule has 3 unspecified atom stereocenters. The van der Waals surface area contributed by atoms with Gasteiger partial charge >= 0.3 is 17.9 Å². The Hall–Kier alpha value is -1.59. The van der Waals surface area contributed by atoms with Gasteiger partial charge in [-0.2, -0.15) is 0 Å². The molecule has 0 N–H and O–H groups in total. The molecule has 0 aromatic rings. The normalized spacial score (nSPS) is 27.9. The van der Waals surface area contributed by atoms with E-state index in [1.807, 2.05) is 0 Å². The van der Waals surface area contributed by atoms with Crippen molar-refractivity contribution in [3.8, 4) is 0 Å². The van der Waals surface area contributed by atoms with Crippen molar-refractivity contribution < 1.29 is 28.6 Å². The average Bonchev–Trinajstić information content (AvgIpc) is 3.16. The zero-order valence-corrected chi connectivity index (χ0v) is 30.7. The highest BCUT2D eigenvalue weighted by Crippen LogP contribution is 2.50. The summed E-state index contributed by atoms with van der Waals surface area (Å²) in [6.45, 7) is 5.09. The quantitative estimate of drug-likeness (QED) is 0.111. The van der Waals surface area contributed by atoms with E-state index in [1.54, 1.807) is 0 Å². The molecule has 0 aromatic heterocycles. The van der Waals surface area contributed by atoms with Crippen molar-refractivity contribution in [2.45, 2.75) is 200 Å². The Bertz CT molecular complexity index is 881. The van der Waals surface area contributed by atoms with Crippen LogP contribution in [-0.2, 0) is 28.6 Å². The van der Waals surface area contributed by atoms with Crippen LogP contribution in [0.5, 0.6) is 0 Å². The molecule has 3 saturated heterocycles. The van der Waals surface area contributed by atoms with Gasteiger partial charge in [-0.1, -0.05) is 149 Å². The van der Waals surface area contributed by atoms with E-state index in [2.05, 4.69) is 13.8 Å². The molecule has 3 atom stereocenters. The zero-order valence-electron chi connectivity index (χ0n) is 30.7. The van der Waals surface area contributed by atoms with E-state index in [-0.39, 0.29) is 43.6 Å². The summed E-state index contributed by atoms with van der Waals surface area (Å²) >= 11 is 0. The Labute approximate surface area is 288 Å². The molecule has 6 nitrogen and oxygen atoms in total. The molecule has 0 aromatic carbocycles. The Morgan fingerprint density at radius 3 is 1.49 bits per heavy atom. The molecule has 3 aliphatic rings. The van der Waals surface area contributed by atoms with Gasteiger partial charge in [0.15, 0.2) is 0 Å². The summed E-state index contributed by atoms with van der Waals surface area (Å²) in [5.41, 5.74) is -1.20. The van der Waals surface area contributed by atoms with Gasteiger partial charge in [-0.05, 0) is 50.4 Å². The van der Waals surface area contributed by atoms with Crippen LogP contribution < -0.4 is 0 Å². The molecule has 272 valence electrons. The molecular weight excluding hydrogens is 588 g/mol. The van der Waals surface area contributed by atoms with Crippen LogP contribution in [-0.4, -0.2) is 37.7 Å². The van der Waals surface area contributed by atoms with Crippen molar-refractivity contribution in [1.29, 1.82) is 0 Å². The monoisotopic (exact) mass is 661 g/mol. The van der Waals surface area contributed by atoms with Gasteiger partial charge < -0.3 is 14.2 Å². The number of ether oxygens (including phenoxy) is 3. The number of unbranched alkanes of at least 4 members (excludes halogenated alkanes) is 9. The highest BCUT2D eigenvalue weighted by atomic mass is 16.6. The second-order valence-corrected chi connectivity index (χ2v) is 16.2.